The monoisotopic (exact) mass is 319 g/mol. The molecule has 1 fully saturated rings. The zero-order valence-corrected chi connectivity index (χ0v) is 13.8. The Kier molecular flexibility index (Phi) is 6.44. The first kappa shape index (κ1) is 17.3. The van der Waals surface area contributed by atoms with Crippen LogP contribution in [0.2, 0.25) is 0 Å². The Labute approximate surface area is 137 Å². The van der Waals surface area contributed by atoms with Gasteiger partial charge < -0.3 is 14.8 Å². The summed E-state index contributed by atoms with van der Waals surface area (Å²) >= 11 is 0. The van der Waals surface area contributed by atoms with E-state index in [1.54, 1.807) is 19.1 Å². The minimum atomic E-state index is -0.751. The van der Waals surface area contributed by atoms with Crippen LogP contribution >= 0.6 is 0 Å². The van der Waals surface area contributed by atoms with E-state index >= 15 is 0 Å². The van der Waals surface area contributed by atoms with Crippen LogP contribution in [0.25, 0.3) is 0 Å². The van der Waals surface area contributed by atoms with Crippen LogP contribution in [0.4, 0.5) is 0 Å². The highest BCUT2D eigenvalue weighted by atomic mass is 16.6. The van der Waals surface area contributed by atoms with E-state index in [4.69, 9.17) is 9.47 Å². The molecule has 0 unspecified atom stereocenters. The SMILES string of the molecule is C[C@@H](Oc1ccccc1)C(=O)OCC(=O)N[C@H]1CCCC[C@@H]1C. The quantitative estimate of drug-likeness (QED) is 0.819. The molecule has 1 aliphatic carbocycles. The standard InChI is InChI=1S/C18H25NO4/c1-13-8-6-7-11-16(13)19-17(20)12-22-18(21)14(2)23-15-9-4-3-5-10-15/h3-5,9-10,13-14,16H,6-8,11-12H2,1-2H3,(H,19,20)/t13-,14+,16-/m0/s1. The zero-order valence-electron chi connectivity index (χ0n) is 13.8. The maximum Gasteiger partial charge on any atom is 0.347 e. The molecule has 0 aromatic heterocycles. The Balaban J connectivity index is 1.71. The van der Waals surface area contributed by atoms with Gasteiger partial charge in [-0.05, 0) is 37.8 Å². The molecule has 2 rings (SSSR count). The molecule has 1 amide bonds. The Morgan fingerprint density at radius 2 is 1.91 bits per heavy atom. The Bertz CT molecular complexity index is 517. The number of hydrogen-bond acceptors (Lipinski definition) is 4. The first-order valence-electron chi connectivity index (χ1n) is 8.24. The molecule has 1 N–H and O–H groups in total. The lowest BCUT2D eigenvalue weighted by atomic mass is 9.86. The van der Waals surface area contributed by atoms with Gasteiger partial charge in [-0.1, -0.05) is 38.0 Å². The highest BCUT2D eigenvalue weighted by Crippen LogP contribution is 2.23. The molecule has 5 nitrogen and oxygen atoms in total. The number of benzene rings is 1. The molecular formula is C18H25NO4. The maximum atomic E-state index is 11.9. The fourth-order valence-electron chi connectivity index (χ4n) is 2.78. The molecule has 1 aromatic rings. The van der Waals surface area contributed by atoms with E-state index in [-0.39, 0.29) is 18.6 Å². The number of ether oxygens (including phenoxy) is 2. The largest absolute Gasteiger partial charge is 0.479 e. The molecule has 0 bridgehead atoms. The van der Waals surface area contributed by atoms with E-state index in [0.29, 0.717) is 11.7 Å². The molecule has 0 radical (unpaired) electrons. The van der Waals surface area contributed by atoms with E-state index in [2.05, 4.69) is 12.2 Å². The molecule has 1 aromatic carbocycles. The van der Waals surface area contributed by atoms with Gasteiger partial charge in [-0.2, -0.15) is 0 Å². The molecule has 0 saturated heterocycles. The van der Waals surface area contributed by atoms with Crippen molar-refractivity contribution in [1.82, 2.24) is 5.32 Å². The van der Waals surface area contributed by atoms with Crippen molar-refractivity contribution < 1.29 is 19.1 Å². The number of para-hydroxylation sites is 1. The highest BCUT2D eigenvalue weighted by molar-refractivity contribution is 5.82. The predicted molar refractivity (Wildman–Crippen MR) is 87.1 cm³/mol. The topological polar surface area (TPSA) is 64.6 Å². The van der Waals surface area contributed by atoms with Crippen LogP contribution in [0, 0.1) is 5.92 Å². The normalized spacial score (nSPS) is 22.0. The molecule has 126 valence electrons. The van der Waals surface area contributed by atoms with E-state index < -0.39 is 12.1 Å². The van der Waals surface area contributed by atoms with Crippen LogP contribution in [-0.2, 0) is 14.3 Å². The zero-order chi connectivity index (χ0) is 16.7. The van der Waals surface area contributed by atoms with Crippen LogP contribution in [0.15, 0.2) is 30.3 Å². The summed E-state index contributed by atoms with van der Waals surface area (Å²) in [5, 5.41) is 2.96. The Morgan fingerprint density at radius 3 is 2.61 bits per heavy atom. The maximum absolute atomic E-state index is 11.9. The molecule has 23 heavy (non-hydrogen) atoms. The summed E-state index contributed by atoms with van der Waals surface area (Å²) in [6.45, 7) is 3.49. The fraction of sp³-hybridized carbons (Fsp3) is 0.556. The first-order valence-corrected chi connectivity index (χ1v) is 8.24. The summed E-state index contributed by atoms with van der Waals surface area (Å²) in [6, 6.07) is 9.24. The van der Waals surface area contributed by atoms with Gasteiger partial charge in [0, 0.05) is 6.04 Å². The number of carbonyl (C=O) groups excluding carboxylic acids is 2. The summed E-state index contributed by atoms with van der Waals surface area (Å²) in [6.07, 6.45) is 3.73. The van der Waals surface area contributed by atoms with Gasteiger partial charge in [0.25, 0.3) is 5.91 Å². The number of hydrogen-bond donors (Lipinski definition) is 1. The molecule has 0 spiro atoms. The lowest BCUT2D eigenvalue weighted by Gasteiger charge is -2.29. The third-order valence-corrected chi connectivity index (χ3v) is 4.19. The molecular weight excluding hydrogens is 294 g/mol. The summed E-state index contributed by atoms with van der Waals surface area (Å²) in [4.78, 5) is 23.8. The second-order valence-electron chi connectivity index (χ2n) is 6.12. The molecule has 0 heterocycles. The summed E-state index contributed by atoms with van der Waals surface area (Å²) in [5.74, 6) is 0.283. The van der Waals surface area contributed by atoms with Crippen molar-refractivity contribution in [3.05, 3.63) is 30.3 Å². The average Bonchev–Trinajstić information content (AvgIpc) is 2.55. The van der Waals surface area contributed by atoms with Crippen LogP contribution < -0.4 is 10.1 Å². The van der Waals surface area contributed by atoms with Crippen molar-refractivity contribution in [2.24, 2.45) is 5.92 Å². The van der Waals surface area contributed by atoms with Crippen molar-refractivity contribution >= 4 is 11.9 Å². The predicted octanol–water partition coefficient (Wildman–Crippen LogP) is 2.69. The summed E-state index contributed by atoms with van der Waals surface area (Å²) in [7, 11) is 0. The highest BCUT2D eigenvalue weighted by Gasteiger charge is 2.24. The Morgan fingerprint density at radius 1 is 1.22 bits per heavy atom. The van der Waals surface area contributed by atoms with Crippen LogP contribution in [-0.4, -0.2) is 30.6 Å². The van der Waals surface area contributed by atoms with E-state index in [0.717, 1.165) is 19.3 Å². The molecule has 5 heteroatoms. The Hall–Kier alpha value is -2.04. The van der Waals surface area contributed by atoms with Gasteiger partial charge in [0.05, 0.1) is 0 Å². The molecule has 1 saturated carbocycles. The minimum absolute atomic E-state index is 0.188. The average molecular weight is 319 g/mol. The van der Waals surface area contributed by atoms with Crippen molar-refractivity contribution in [2.45, 2.75) is 51.7 Å². The van der Waals surface area contributed by atoms with Crippen LogP contribution in [0.3, 0.4) is 0 Å². The lowest BCUT2D eigenvalue weighted by molar-refractivity contribution is -0.155. The van der Waals surface area contributed by atoms with Crippen molar-refractivity contribution in [3.63, 3.8) is 0 Å². The second kappa shape index (κ2) is 8.56. The number of amides is 1. The second-order valence-corrected chi connectivity index (χ2v) is 6.12. The van der Waals surface area contributed by atoms with Gasteiger partial charge in [-0.3, -0.25) is 4.79 Å². The summed E-state index contributed by atoms with van der Waals surface area (Å²) < 4.78 is 10.5. The van der Waals surface area contributed by atoms with Crippen molar-refractivity contribution in [1.29, 1.82) is 0 Å². The minimum Gasteiger partial charge on any atom is -0.479 e. The van der Waals surface area contributed by atoms with Gasteiger partial charge >= 0.3 is 5.97 Å². The van der Waals surface area contributed by atoms with Crippen LogP contribution in [0.1, 0.15) is 39.5 Å². The van der Waals surface area contributed by atoms with Gasteiger partial charge in [0.2, 0.25) is 0 Å². The number of rotatable bonds is 6. The van der Waals surface area contributed by atoms with Gasteiger partial charge in [-0.25, -0.2) is 4.79 Å². The lowest BCUT2D eigenvalue weighted by Crippen LogP contribution is -2.43. The number of esters is 1. The molecule has 0 aliphatic heterocycles. The van der Waals surface area contributed by atoms with Gasteiger partial charge in [-0.15, -0.1) is 0 Å². The fourth-order valence-corrected chi connectivity index (χ4v) is 2.78. The number of nitrogens with one attached hydrogen (secondary N) is 1. The smallest absolute Gasteiger partial charge is 0.347 e. The first-order chi connectivity index (χ1) is 11.1. The van der Waals surface area contributed by atoms with E-state index in [1.165, 1.54) is 6.42 Å². The van der Waals surface area contributed by atoms with Gasteiger partial charge in [0.15, 0.2) is 12.7 Å². The third-order valence-electron chi connectivity index (χ3n) is 4.19. The van der Waals surface area contributed by atoms with E-state index in [9.17, 15) is 9.59 Å². The summed E-state index contributed by atoms with van der Waals surface area (Å²) in [5.41, 5.74) is 0. The van der Waals surface area contributed by atoms with Gasteiger partial charge in [0.1, 0.15) is 5.75 Å². The van der Waals surface area contributed by atoms with Crippen molar-refractivity contribution in [2.75, 3.05) is 6.61 Å². The third kappa shape index (κ3) is 5.58. The molecule has 1 aliphatic rings. The molecule has 3 atom stereocenters. The van der Waals surface area contributed by atoms with Crippen molar-refractivity contribution in [3.8, 4) is 5.75 Å². The van der Waals surface area contributed by atoms with Crippen LogP contribution in [0.5, 0.6) is 5.75 Å². The van der Waals surface area contributed by atoms with E-state index in [1.807, 2.05) is 18.2 Å². The number of carbonyl (C=O) groups is 2.